The Morgan fingerprint density at radius 2 is 1.59 bits per heavy atom. The average molecular weight is 323 g/mol. The van der Waals surface area contributed by atoms with Crippen molar-refractivity contribution < 1.29 is 4.42 Å². The summed E-state index contributed by atoms with van der Waals surface area (Å²) in [6.45, 7) is 0. The summed E-state index contributed by atoms with van der Waals surface area (Å²) in [4.78, 5) is 0. The quantitative estimate of drug-likeness (QED) is 0.288. The molecule has 106 valence electrons. The van der Waals surface area contributed by atoms with E-state index < -0.39 is 0 Å². The molecule has 0 aliphatic carbocycles. The first-order chi connectivity index (χ1) is 10.7. The second-order valence-corrected chi connectivity index (χ2v) is 6.02. The number of benzene rings is 3. The zero-order valence-corrected chi connectivity index (χ0v) is 13.1. The lowest BCUT2D eigenvalue weighted by atomic mass is 10.1. The topological polar surface area (TPSA) is 13.1 Å². The molecule has 0 fully saturated rings. The highest BCUT2D eigenvalue weighted by atomic mass is 35.5. The maximum absolute atomic E-state index is 6.17. The molecule has 0 bridgehead atoms. The second-order valence-electron chi connectivity index (χ2n) is 5.15. The van der Waals surface area contributed by atoms with Gasteiger partial charge in [0.05, 0.1) is 4.51 Å². The van der Waals surface area contributed by atoms with Crippen LogP contribution in [0.25, 0.3) is 33.1 Å². The van der Waals surface area contributed by atoms with Crippen molar-refractivity contribution in [2.75, 3.05) is 0 Å². The molecule has 0 unspecified atom stereocenters. The van der Waals surface area contributed by atoms with E-state index in [-0.39, 0.29) is 0 Å². The van der Waals surface area contributed by atoms with Crippen molar-refractivity contribution in [3.63, 3.8) is 0 Å². The molecule has 22 heavy (non-hydrogen) atoms. The third-order valence-corrected chi connectivity index (χ3v) is 4.34. The molecule has 3 aromatic carbocycles. The Bertz CT molecular complexity index is 1050. The monoisotopic (exact) mass is 322 g/mol. The fourth-order valence-electron chi connectivity index (χ4n) is 2.64. The van der Waals surface area contributed by atoms with E-state index in [1.807, 2.05) is 48.5 Å². The predicted molar refractivity (Wildman–Crippen MR) is 95.0 cm³/mol. The number of fused-ring (bicyclic) bond motifs is 3. The maximum atomic E-state index is 6.17. The Morgan fingerprint density at radius 3 is 2.41 bits per heavy atom. The molecular formula is C19H11ClOS. The first-order valence-corrected chi connectivity index (χ1v) is 7.72. The number of hydrogen-bond donors (Lipinski definition) is 0. The lowest BCUT2D eigenvalue weighted by Gasteiger charge is -2.07. The van der Waals surface area contributed by atoms with Crippen LogP contribution in [-0.4, -0.2) is 0 Å². The smallest absolute Gasteiger partial charge is 0.143 e. The Balaban J connectivity index is 2.08. The molecule has 0 radical (unpaired) electrons. The van der Waals surface area contributed by atoms with Gasteiger partial charge in [-0.25, -0.2) is 0 Å². The Hall–Kier alpha value is -2.16. The summed E-state index contributed by atoms with van der Waals surface area (Å²) in [5.74, 6) is 0.755. The summed E-state index contributed by atoms with van der Waals surface area (Å²) in [5.41, 5.74) is 1.79. The van der Waals surface area contributed by atoms with Crippen LogP contribution < -0.4 is 0 Å². The highest BCUT2D eigenvalue weighted by Gasteiger charge is 2.08. The van der Waals surface area contributed by atoms with Gasteiger partial charge in [0.2, 0.25) is 0 Å². The molecule has 1 nitrogen and oxygen atoms in total. The number of halogens is 1. The third-order valence-electron chi connectivity index (χ3n) is 3.75. The lowest BCUT2D eigenvalue weighted by molar-refractivity contribution is 0.623. The maximum Gasteiger partial charge on any atom is 0.143 e. The summed E-state index contributed by atoms with van der Waals surface area (Å²) in [7, 11) is 0. The molecule has 0 spiro atoms. The third kappa shape index (κ3) is 2.21. The van der Waals surface area contributed by atoms with Gasteiger partial charge >= 0.3 is 0 Å². The molecular weight excluding hydrogens is 312 g/mol. The van der Waals surface area contributed by atoms with Crippen molar-refractivity contribution in [2.45, 2.75) is 0 Å². The van der Waals surface area contributed by atoms with Crippen LogP contribution in [0.5, 0.6) is 0 Å². The summed E-state index contributed by atoms with van der Waals surface area (Å²) in [5, 5.41) is 3.88. The van der Waals surface area contributed by atoms with Gasteiger partial charge in [0.15, 0.2) is 0 Å². The van der Waals surface area contributed by atoms with Crippen LogP contribution in [0.3, 0.4) is 0 Å². The van der Waals surface area contributed by atoms with E-state index in [0.29, 0.717) is 5.02 Å². The summed E-state index contributed by atoms with van der Waals surface area (Å²) in [6.07, 6.45) is 0. The Kier molecular flexibility index (Phi) is 3.21. The van der Waals surface area contributed by atoms with Gasteiger partial charge in [0.25, 0.3) is 0 Å². The zero-order chi connectivity index (χ0) is 15.1. The van der Waals surface area contributed by atoms with Crippen LogP contribution in [0.15, 0.2) is 71.1 Å². The van der Waals surface area contributed by atoms with Gasteiger partial charge in [-0.15, -0.1) is 0 Å². The molecule has 4 rings (SSSR count). The van der Waals surface area contributed by atoms with Gasteiger partial charge in [0, 0.05) is 27.4 Å². The van der Waals surface area contributed by atoms with E-state index >= 15 is 0 Å². The summed E-state index contributed by atoms with van der Waals surface area (Å²) in [6, 6.07) is 21.7. The number of rotatable bonds is 1. The van der Waals surface area contributed by atoms with Crippen LogP contribution in [0.4, 0.5) is 0 Å². The molecule has 0 aliphatic rings. The summed E-state index contributed by atoms with van der Waals surface area (Å²) >= 11 is 11.5. The van der Waals surface area contributed by atoms with Crippen LogP contribution >= 0.6 is 23.8 Å². The van der Waals surface area contributed by atoms with Gasteiger partial charge in [-0.05, 0) is 35.7 Å². The predicted octanol–water partition coefficient (Wildman–Crippen LogP) is 6.64. The first kappa shape index (κ1) is 13.5. The van der Waals surface area contributed by atoms with Crippen molar-refractivity contribution in [3.05, 3.63) is 76.3 Å². The minimum absolute atomic E-state index is 0.702. The number of hydrogen-bond acceptors (Lipinski definition) is 2. The molecule has 0 saturated carbocycles. The second kappa shape index (κ2) is 5.24. The Morgan fingerprint density at radius 1 is 0.818 bits per heavy atom. The highest BCUT2D eigenvalue weighted by Crippen LogP contribution is 2.31. The van der Waals surface area contributed by atoms with Gasteiger partial charge < -0.3 is 4.42 Å². The molecule has 0 saturated heterocycles. The Labute approximate surface area is 137 Å². The van der Waals surface area contributed by atoms with Crippen LogP contribution in [0, 0.1) is 4.51 Å². The normalized spacial score (nSPS) is 11.1. The standard InChI is InChI=1S/C19H11ClOS/c20-14-8-5-13(6-9-14)17-11-18(22)16-10-7-12-3-1-2-4-15(12)19(16)21-17/h1-11H. The van der Waals surface area contributed by atoms with E-state index in [1.165, 1.54) is 0 Å². The van der Waals surface area contributed by atoms with Crippen molar-refractivity contribution in [1.29, 1.82) is 0 Å². The molecule has 3 heteroatoms. The van der Waals surface area contributed by atoms with Crippen molar-refractivity contribution in [3.8, 4) is 11.3 Å². The SMILES string of the molecule is S=c1cc(-c2ccc(Cl)cc2)oc2c1ccc1ccccc12. The molecule has 0 atom stereocenters. The fraction of sp³-hybridized carbons (Fsp3) is 0. The van der Waals surface area contributed by atoms with Crippen molar-refractivity contribution in [2.24, 2.45) is 0 Å². The van der Waals surface area contributed by atoms with Gasteiger partial charge in [-0.2, -0.15) is 0 Å². The minimum atomic E-state index is 0.702. The molecule has 0 aliphatic heterocycles. The zero-order valence-electron chi connectivity index (χ0n) is 11.5. The van der Waals surface area contributed by atoms with Crippen LogP contribution in [0.1, 0.15) is 0 Å². The van der Waals surface area contributed by atoms with Crippen LogP contribution in [-0.2, 0) is 0 Å². The van der Waals surface area contributed by atoms with E-state index in [2.05, 4.69) is 18.2 Å². The minimum Gasteiger partial charge on any atom is -0.455 e. The molecule has 4 aromatic rings. The molecule has 0 N–H and O–H groups in total. The average Bonchev–Trinajstić information content (AvgIpc) is 2.55. The largest absolute Gasteiger partial charge is 0.455 e. The van der Waals surface area contributed by atoms with Gasteiger partial charge in [-0.1, -0.05) is 54.2 Å². The molecule has 1 heterocycles. The van der Waals surface area contributed by atoms with E-state index in [9.17, 15) is 0 Å². The van der Waals surface area contributed by atoms with E-state index in [1.54, 1.807) is 0 Å². The van der Waals surface area contributed by atoms with Crippen molar-refractivity contribution >= 4 is 45.6 Å². The molecule has 0 amide bonds. The van der Waals surface area contributed by atoms with Gasteiger partial charge in [0.1, 0.15) is 11.3 Å². The van der Waals surface area contributed by atoms with E-state index in [4.69, 9.17) is 28.2 Å². The van der Waals surface area contributed by atoms with Gasteiger partial charge in [-0.3, -0.25) is 0 Å². The fourth-order valence-corrected chi connectivity index (χ4v) is 3.03. The highest BCUT2D eigenvalue weighted by molar-refractivity contribution is 7.71. The lowest BCUT2D eigenvalue weighted by Crippen LogP contribution is -1.83. The van der Waals surface area contributed by atoms with Crippen molar-refractivity contribution in [1.82, 2.24) is 0 Å². The van der Waals surface area contributed by atoms with E-state index in [0.717, 1.165) is 37.6 Å². The summed E-state index contributed by atoms with van der Waals surface area (Å²) < 4.78 is 6.96. The van der Waals surface area contributed by atoms with Crippen LogP contribution in [0.2, 0.25) is 5.02 Å². The molecule has 1 aromatic heterocycles. The first-order valence-electron chi connectivity index (χ1n) is 6.94.